The van der Waals surface area contributed by atoms with Crippen LogP contribution in [-0.2, 0) is 4.79 Å². The number of nitrogens with one attached hydrogen (secondary N) is 2. The van der Waals surface area contributed by atoms with E-state index in [4.69, 9.17) is 42.4 Å². The van der Waals surface area contributed by atoms with Crippen molar-refractivity contribution < 1.29 is 23.4 Å². The van der Waals surface area contributed by atoms with Gasteiger partial charge in [-0.1, -0.05) is 29.8 Å². The molecule has 0 bridgehead atoms. The molecule has 0 aliphatic carbocycles. The topological polar surface area (TPSA) is 115 Å². The van der Waals surface area contributed by atoms with Gasteiger partial charge in [-0.3, -0.25) is 9.20 Å². The average Bonchev–Trinajstić information content (AvgIpc) is 3.55. The molecule has 1 fully saturated rings. The van der Waals surface area contributed by atoms with Crippen LogP contribution in [0.25, 0.3) is 27.8 Å². The molecule has 4 heterocycles. The Kier molecular flexibility index (Phi) is 8.85. The van der Waals surface area contributed by atoms with Crippen LogP contribution in [0.2, 0.25) is 10.0 Å². The standard InChI is InChI=1S/C32H30Cl2FN7O4/c1-5-26(43)38-22-14-23(46-18-6-9-41(2)10-7-18)20(35)13-21(22)39-32-37-16-17-12-19(31-36-8-11-42(31)30(17)40-32)27-28(33)24(44-3)15-25(45-4)29(27)34/h5,8,11-16,18H,1,6-7,9-10H2,2-4H3,(H,38,43)(H,37,39,40). The van der Waals surface area contributed by atoms with E-state index in [2.05, 4.69) is 32.1 Å². The van der Waals surface area contributed by atoms with Gasteiger partial charge in [0, 0.05) is 66.4 Å². The Hall–Kier alpha value is -4.65. The lowest BCUT2D eigenvalue weighted by molar-refractivity contribution is -0.111. The molecule has 0 saturated carbocycles. The quantitative estimate of drug-likeness (QED) is 0.165. The van der Waals surface area contributed by atoms with Gasteiger partial charge < -0.3 is 29.7 Å². The molecule has 3 aromatic heterocycles. The first-order valence-electron chi connectivity index (χ1n) is 14.3. The van der Waals surface area contributed by atoms with E-state index in [-0.39, 0.29) is 39.2 Å². The van der Waals surface area contributed by atoms with Gasteiger partial charge in [0.25, 0.3) is 0 Å². The summed E-state index contributed by atoms with van der Waals surface area (Å²) in [7, 11) is 5.04. The number of carbonyl (C=O) groups excluding carboxylic acids is 1. The summed E-state index contributed by atoms with van der Waals surface area (Å²) < 4.78 is 34.1. The number of piperidine rings is 1. The fourth-order valence-electron chi connectivity index (χ4n) is 5.37. The number of rotatable bonds is 9. The number of aromatic nitrogens is 4. The first kappa shape index (κ1) is 31.3. The molecular formula is C32H30Cl2FN7O4. The zero-order valence-electron chi connectivity index (χ0n) is 25.2. The predicted molar refractivity (Wildman–Crippen MR) is 177 cm³/mol. The molecule has 0 atom stereocenters. The minimum atomic E-state index is -0.595. The molecule has 1 aliphatic rings. The van der Waals surface area contributed by atoms with E-state index in [0.717, 1.165) is 32.0 Å². The summed E-state index contributed by atoms with van der Waals surface area (Å²) in [5, 5.41) is 6.97. The van der Waals surface area contributed by atoms with Crippen LogP contribution in [0.15, 0.2) is 55.5 Å². The number of anilines is 3. The van der Waals surface area contributed by atoms with Crippen molar-refractivity contribution in [3.63, 3.8) is 0 Å². The minimum absolute atomic E-state index is 0.0399. The normalized spacial score (nSPS) is 14.0. The predicted octanol–water partition coefficient (Wildman–Crippen LogP) is 6.75. The summed E-state index contributed by atoms with van der Waals surface area (Å²) in [5.41, 5.74) is 2.58. The second-order valence-corrected chi connectivity index (χ2v) is 11.5. The van der Waals surface area contributed by atoms with Crippen LogP contribution in [0.5, 0.6) is 17.2 Å². The second kappa shape index (κ2) is 13.0. The number of nitrogens with zero attached hydrogens (tertiary/aromatic N) is 5. The SMILES string of the molecule is C=CC(=O)Nc1cc(OC2CCN(C)CC2)c(F)cc1Nc1ncc2cc(-c3c(Cl)c(OC)cc(OC)c3Cl)c3nccn3c2n1. The maximum absolute atomic E-state index is 15.4. The van der Waals surface area contributed by atoms with Crippen LogP contribution in [0.3, 0.4) is 0 Å². The Morgan fingerprint density at radius 2 is 1.74 bits per heavy atom. The maximum Gasteiger partial charge on any atom is 0.247 e. The lowest BCUT2D eigenvalue weighted by Crippen LogP contribution is -2.35. The van der Waals surface area contributed by atoms with E-state index >= 15 is 4.39 Å². The first-order chi connectivity index (χ1) is 22.2. The van der Waals surface area contributed by atoms with Gasteiger partial charge in [-0.05, 0) is 32.0 Å². The summed E-state index contributed by atoms with van der Waals surface area (Å²) in [6, 6.07) is 6.13. The van der Waals surface area contributed by atoms with Crippen molar-refractivity contribution in [1.82, 2.24) is 24.3 Å². The molecule has 46 heavy (non-hydrogen) atoms. The van der Waals surface area contributed by atoms with Crippen molar-refractivity contribution in [2.75, 3.05) is 45.0 Å². The lowest BCUT2D eigenvalue weighted by atomic mass is 10.0. The van der Waals surface area contributed by atoms with E-state index < -0.39 is 11.7 Å². The van der Waals surface area contributed by atoms with Crippen molar-refractivity contribution >= 4 is 63.1 Å². The molecular weight excluding hydrogens is 636 g/mol. The summed E-state index contributed by atoms with van der Waals surface area (Å²) >= 11 is 13.5. The van der Waals surface area contributed by atoms with E-state index in [1.165, 1.54) is 26.4 Å². The van der Waals surface area contributed by atoms with Gasteiger partial charge in [-0.25, -0.2) is 14.4 Å². The molecule has 238 valence electrons. The third-order valence-corrected chi connectivity index (χ3v) is 8.52. The Morgan fingerprint density at radius 1 is 1.02 bits per heavy atom. The number of pyridine rings is 1. The number of fused-ring (bicyclic) bond motifs is 3. The number of carbonyl (C=O) groups is 1. The Bertz CT molecular complexity index is 1950. The van der Waals surface area contributed by atoms with Gasteiger partial charge in [-0.15, -0.1) is 0 Å². The highest BCUT2D eigenvalue weighted by atomic mass is 35.5. The molecule has 11 nitrogen and oxygen atoms in total. The number of methoxy groups -OCH3 is 2. The molecule has 1 saturated heterocycles. The van der Waals surface area contributed by atoms with Crippen molar-refractivity contribution in [2.45, 2.75) is 18.9 Å². The third kappa shape index (κ3) is 5.98. The third-order valence-electron chi connectivity index (χ3n) is 7.77. The molecule has 1 amide bonds. The molecule has 0 spiro atoms. The number of hydrogen-bond donors (Lipinski definition) is 2. The van der Waals surface area contributed by atoms with Crippen LogP contribution in [0.4, 0.5) is 21.7 Å². The Balaban J connectivity index is 1.39. The van der Waals surface area contributed by atoms with Crippen molar-refractivity contribution in [3.8, 4) is 28.4 Å². The fraction of sp³-hybridized carbons (Fsp3) is 0.250. The van der Waals surface area contributed by atoms with Gasteiger partial charge in [0.1, 0.15) is 23.3 Å². The van der Waals surface area contributed by atoms with E-state index in [9.17, 15) is 4.79 Å². The lowest BCUT2D eigenvalue weighted by Gasteiger charge is -2.29. The first-order valence-corrected chi connectivity index (χ1v) is 15.1. The summed E-state index contributed by atoms with van der Waals surface area (Å²) in [6.45, 7) is 5.23. The van der Waals surface area contributed by atoms with Crippen LogP contribution in [-0.4, -0.2) is 70.6 Å². The number of imidazole rings is 1. The molecule has 6 rings (SSSR count). The largest absolute Gasteiger partial charge is 0.495 e. The molecule has 0 radical (unpaired) electrons. The maximum atomic E-state index is 15.4. The second-order valence-electron chi connectivity index (χ2n) is 10.7. The van der Waals surface area contributed by atoms with Crippen molar-refractivity contribution in [2.24, 2.45) is 0 Å². The van der Waals surface area contributed by atoms with Gasteiger partial charge in [0.05, 0.1) is 35.6 Å². The monoisotopic (exact) mass is 665 g/mol. The molecule has 5 aromatic rings. The molecule has 0 unspecified atom stereocenters. The summed E-state index contributed by atoms with van der Waals surface area (Å²) in [5.74, 6) is -0.118. The van der Waals surface area contributed by atoms with Crippen LogP contribution in [0, 0.1) is 5.82 Å². The van der Waals surface area contributed by atoms with E-state index in [0.29, 0.717) is 39.3 Å². The number of ether oxygens (including phenoxy) is 3. The van der Waals surface area contributed by atoms with Gasteiger partial charge in [0.2, 0.25) is 11.9 Å². The molecule has 2 aromatic carbocycles. The molecule has 2 N–H and O–H groups in total. The highest BCUT2D eigenvalue weighted by Gasteiger charge is 2.24. The number of halogens is 3. The zero-order chi connectivity index (χ0) is 32.5. The Labute approximate surface area is 273 Å². The van der Waals surface area contributed by atoms with Gasteiger partial charge >= 0.3 is 0 Å². The number of benzene rings is 2. The van der Waals surface area contributed by atoms with Gasteiger partial charge in [-0.2, -0.15) is 4.98 Å². The fourth-order valence-corrected chi connectivity index (χ4v) is 6.08. The number of likely N-dealkylation sites (tertiary alicyclic amines) is 1. The zero-order valence-corrected chi connectivity index (χ0v) is 26.7. The van der Waals surface area contributed by atoms with Gasteiger partial charge in [0.15, 0.2) is 17.2 Å². The molecule has 1 aliphatic heterocycles. The minimum Gasteiger partial charge on any atom is -0.495 e. The molecule has 14 heteroatoms. The highest BCUT2D eigenvalue weighted by Crippen LogP contribution is 2.47. The number of amides is 1. The number of hydrogen-bond acceptors (Lipinski definition) is 9. The van der Waals surface area contributed by atoms with E-state index in [1.54, 1.807) is 29.1 Å². The average molecular weight is 667 g/mol. The van der Waals surface area contributed by atoms with Crippen LogP contribution < -0.4 is 24.8 Å². The van der Waals surface area contributed by atoms with Crippen molar-refractivity contribution in [1.29, 1.82) is 0 Å². The summed E-state index contributed by atoms with van der Waals surface area (Å²) in [4.78, 5) is 28.2. The highest BCUT2D eigenvalue weighted by molar-refractivity contribution is 6.41. The van der Waals surface area contributed by atoms with Crippen LogP contribution in [0.1, 0.15) is 12.8 Å². The summed E-state index contributed by atoms with van der Waals surface area (Å²) in [6.07, 6.45) is 7.48. The van der Waals surface area contributed by atoms with E-state index in [1.807, 2.05) is 13.1 Å². The van der Waals surface area contributed by atoms with Crippen LogP contribution >= 0.6 is 23.2 Å². The van der Waals surface area contributed by atoms with Crippen molar-refractivity contribution in [3.05, 3.63) is 71.4 Å². The smallest absolute Gasteiger partial charge is 0.247 e. The Morgan fingerprint density at radius 3 is 2.41 bits per heavy atom.